The number of rotatable bonds is 2. The van der Waals surface area contributed by atoms with Gasteiger partial charge in [-0.25, -0.2) is 0 Å². The topological polar surface area (TPSA) is 3.24 Å². The number of thiophene rings is 1. The Balaban J connectivity index is 1.99. The first kappa shape index (κ1) is 11.8. The van der Waals surface area contributed by atoms with Gasteiger partial charge in [0, 0.05) is 29.2 Å². The molecule has 1 aliphatic rings. The molecule has 94 valence electrons. The molecule has 1 nitrogen and oxygen atoms in total. The first-order valence-corrected chi connectivity index (χ1v) is 7.62. The lowest BCUT2D eigenvalue weighted by Crippen LogP contribution is -2.29. The third-order valence-electron chi connectivity index (χ3n) is 3.60. The molecule has 1 saturated heterocycles. The van der Waals surface area contributed by atoms with E-state index in [9.17, 15) is 0 Å². The van der Waals surface area contributed by atoms with Crippen molar-refractivity contribution in [1.29, 1.82) is 0 Å². The molecule has 0 N–H and O–H groups in total. The molecule has 0 aliphatic carbocycles. The highest BCUT2D eigenvalue weighted by molar-refractivity contribution is 7.13. The highest BCUT2D eigenvalue weighted by atomic mass is 32.1. The van der Waals surface area contributed by atoms with Crippen LogP contribution in [0.5, 0.6) is 0 Å². The molecule has 3 rings (SSSR count). The second-order valence-electron chi connectivity index (χ2n) is 5.05. The Morgan fingerprint density at radius 3 is 2.56 bits per heavy atom. The van der Waals surface area contributed by atoms with Crippen molar-refractivity contribution in [2.75, 3.05) is 18.0 Å². The SMILES string of the molecule is Cc1csc(-c2ccccc2N2CCCCC2)c1. The molecule has 2 heterocycles. The summed E-state index contributed by atoms with van der Waals surface area (Å²) in [4.78, 5) is 3.95. The van der Waals surface area contributed by atoms with Gasteiger partial charge in [-0.05, 0) is 49.3 Å². The summed E-state index contributed by atoms with van der Waals surface area (Å²) in [5.41, 5.74) is 4.18. The van der Waals surface area contributed by atoms with Crippen LogP contribution in [0.15, 0.2) is 35.7 Å². The van der Waals surface area contributed by atoms with E-state index in [-0.39, 0.29) is 0 Å². The highest BCUT2D eigenvalue weighted by Gasteiger charge is 2.15. The molecule has 1 aromatic heterocycles. The number of piperidine rings is 1. The van der Waals surface area contributed by atoms with E-state index in [1.807, 2.05) is 11.3 Å². The standard InChI is InChI=1S/C16H19NS/c1-13-11-16(18-12-13)14-7-3-4-8-15(14)17-9-5-2-6-10-17/h3-4,7-8,11-12H,2,5-6,9-10H2,1H3. The van der Waals surface area contributed by atoms with Crippen molar-refractivity contribution in [3.8, 4) is 10.4 Å². The van der Waals surface area contributed by atoms with Gasteiger partial charge in [-0.2, -0.15) is 0 Å². The fraction of sp³-hybridized carbons (Fsp3) is 0.375. The quantitative estimate of drug-likeness (QED) is 0.753. The summed E-state index contributed by atoms with van der Waals surface area (Å²) in [6.07, 6.45) is 4.05. The number of hydrogen-bond acceptors (Lipinski definition) is 2. The average Bonchev–Trinajstić information content (AvgIpc) is 2.86. The summed E-state index contributed by atoms with van der Waals surface area (Å²) in [7, 11) is 0. The zero-order valence-electron chi connectivity index (χ0n) is 10.9. The molecule has 2 aromatic rings. The van der Waals surface area contributed by atoms with E-state index in [0.29, 0.717) is 0 Å². The monoisotopic (exact) mass is 257 g/mol. The van der Waals surface area contributed by atoms with Gasteiger partial charge < -0.3 is 4.90 Å². The van der Waals surface area contributed by atoms with Crippen LogP contribution >= 0.6 is 11.3 Å². The number of benzene rings is 1. The van der Waals surface area contributed by atoms with Gasteiger partial charge in [0.1, 0.15) is 0 Å². The lowest BCUT2D eigenvalue weighted by Gasteiger charge is -2.30. The molecular formula is C16H19NS. The van der Waals surface area contributed by atoms with E-state index in [4.69, 9.17) is 0 Å². The molecule has 0 atom stereocenters. The second-order valence-corrected chi connectivity index (χ2v) is 5.96. The van der Waals surface area contributed by atoms with Crippen molar-refractivity contribution >= 4 is 17.0 Å². The Morgan fingerprint density at radius 1 is 1.06 bits per heavy atom. The third kappa shape index (κ3) is 2.30. The molecule has 18 heavy (non-hydrogen) atoms. The van der Waals surface area contributed by atoms with Gasteiger partial charge in [-0.15, -0.1) is 11.3 Å². The molecule has 0 amide bonds. The molecule has 0 radical (unpaired) electrons. The van der Waals surface area contributed by atoms with Crippen molar-refractivity contribution in [2.45, 2.75) is 26.2 Å². The Hall–Kier alpha value is -1.28. The van der Waals surface area contributed by atoms with Crippen LogP contribution in [-0.4, -0.2) is 13.1 Å². The summed E-state index contributed by atoms with van der Waals surface area (Å²) in [5, 5.41) is 2.24. The van der Waals surface area contributed by atoms with Gasteiger partial charge >= 0.3 is 0 Å². The largest absolute Gasteiger partial charge is 0.371 e. The van der Waals surface area contributed by atoms with E-state index < -0.39 is 0 Å². The van der Waals surface area contributed by atoms with Crippen LogP contribution in [0.3, 0.4) is 0 Å². The molecule has 1 fully saturated rings. The van der Waals surface area contributed by atoms with E-state index in [2.05, 4.69) is 47.5 Å². The predicted octanol–water partition coefficient (Wildman–Crippen LogP) is 4.71. The van der Waals surface area contributed by atoms with Gasteiger partial charge in [-0.1, -0.05) is 18.2 Å². The number of para-hydroxylation sites is 1. The van der Waals surface area contributed by atoms with Gasteiger partial charge in [0.2, 0.25) is 0 Å². The molecular weight excluding hydrogens is 238 g/mol. The normalized spacial score (nSPS) is 15.9. The van der Waals surface area contributed by atoms with Crippen LogP contribution in [0.25, 0.3) is 10.4 Å². The minimum atomic E-state index is 1.21. The predicted molar refractivity (Wildman–Crippen MR) is 80.6 cm³/mol. The maximum Gasteiger partial charge on any atom is 0.0454 e. The average molecular weight is 257 g/mol. The summed E-state index contributed by atoms with van der Waals surface area (Å²) in [5.74, 6) is 0. The van der Waals surface area contributed by atoms with Gasteiger partial charge in [0.05, 0.1) is 0 Å². The first-order valence-electron chi connectivity index (χ1n) is 6.74. The number of aryl methyl sites for hydroxylation is 1. The molecule has 1 aliphatic heterocycles. The van der Waals surface area contributed by atoms with Crippen LogP contribution in [0, 0.1) is 6.92 Å². The number of anilines is 1. The zero-order valence-corrected chi connectivity index (χ0v) is 11.7. The van der Waals surface area contributed by atoms with Gasteiger partial charge in [-0.3, -0.25) is 0 Å². The Bertz CT molecular complexity index is 523. The molecule has 0 unspecified atom stereocenters. The molecule has 1 aromatic carbocycles. The summed E-state index contributed by atoms with van der Waals surface area (Å²) in [6, 6.07) is 11.1. The third-order valence-corrected chi connectivity index (χ3v) is 4.68. The van der Waals surface area contributed by atoms with Crippen molar-refractivity contribution in [3.05, 3.63) is 41.3 Å². The summed E-state index contributed by atoms with van der Waals surface area (Å²) < 4.78 is 0. The first-order chi connectivity index (χ1) is 8.84. The van der Waals surface area contributed by atoms with Crippen LogP contribution in [0.1, 0.15) is 24.8 Å². The van der Waals surface area contributed by atoms with Gasteiger partial charge in [0.15, 0.2) is 0 Å². The fourth-order valence-corrected chi connectivity index (χ4v) is 3.60. The van der Waals surface area contributed by atoms with Crippen LogP contribution in [-0.2, 0) is 0 Å². The van der Waals surface area contributed by atoms with E-state index in [1.165, 1.54) is 54.0 Å². The van der Waals surface area contributed by atoms with E-state index in [1.54, 1.807) is 0 Å². The molecule has 0 saturated carbocycles. The minimum Gasteiger partial charge on any atom is -0.371 e. The van der Waals surface area contributed by atoms with Crippen LogP contribution in [0.2, 0.25) is 0 Å². The lowest BCUT2D eigenvalue weighted by atomic mass is 10.1. The number of nitrogens with zero attached hydrogens (tertiary/aromatic N) is 1. The maximum absolute atomic E-state index is 2.55. The second kappa shape index (κ2) is 5.15. The van der Waals surface area contributed by atoms with Crippen molar-refractivity contribution < 1.29 is 0 Å². The maximum atomic E-state index is 2.55. The van der Waals surface area contributed by atoms with Crippen molar-refractivity contribution in [1.82, 2.24) is 0 Å². The summed E-state index contributed by atoms with van der Waals surface area (Å²) >= 11 is 1.85. The Labute approximate surface area is 113 Å². The Morgan fingerprint density at radius 2 is 1.83 bits per heavy atom. The van der Waals surface area contributed by atoms with E-state index in [0.717, 1.165) is 0 Å². The van der Waals surface area contributed by atoms with Crippen molar-refractivity contribution in [2.24, 2.45) is 0 Å². The molecule has 0 bridgehead atoms. The summed E-state index contributed by atoms with van der Waals surface area (Å²) in [6.45, 7) is 4.59. The fourth-order valence-electron chi connectivity index (χ4n) is 2.67. The molecule has 2 heteroatoms. The van der Waals surface area contributed by atoms with E-state index >= 15 is 0 Å². The Kier molecular flexibility index (Phi) is 3.37. The van der Waals surface area contributed by atoms with Crippen LogP contribution in [0.4, 0.5) is 5.69 Å². The molecule has 0 spiro atoms. The number of hydrogen-bond donors (Lipinski definition) is 0. The van der Waals surface area contributed by atoms with Crippen LogP contribution < -0.4 is 4.90 Å². The highest BCUT2D eigenvalue weighted by Crippen LogP contribution is 2.35. The minimum absolute atomic E-state index is 1.21. The zero-order chi connectivity index (χ0) is 12.4. The smallest absolute Gasteiger partial charge is 0.0454 e. The van der Waals surface area contributed by atoms with Gasteiger partial charge in [0.25, 0.3) is 0 Å². The van der Waals surface area contributed by atoms with Crippen molar-refractivity contribution in [3.63, 3.8) is 0 Å². The lowest BCUT2D eigenvalue weighted by molar-refractivity contribution is 0.578.